The smallest absolute Gasteiger partial charge is 0.240 e. The number of hydrogen-bond donors (Lipinski definition) is 1. The summed E-state index contributed by atoms with van der Waals surface area (Å²) >= 11 is 1.47. The molecule has 0 aromatic heterocycles. The van der Waals surface area contributed by atoms with Crippen LogP contribution in [0.3, 0.4) is 0 Å². The summed E-state index contributed by atoms with van der Waals surface area (Å²) in [6, 6.07) is 16.2. The number of carbonyl (C=O) groups is 1. The first-order valence-electron chi connectivity index (χ1n) is 9.06. The predicted molar refractivity (Wildman–Crippen MR) is 104 cm³/mol. The summed E-state index contributed by atoms with van der Waals surface area (Å²) in [6.45, 7) is 3.50. The number of halogens is 1. The van der Waals surface area contributed by atoms with Crippen molar-refractivity contribution in [1.29, 1.82) is 0 Å². The van der Waals surface area contributed by atoms with E-state index >= 15 is 0 Å². The van der Waals surface area contributed by atoms with Crippen LogP contribution in [0.15, 0.2) is 59.5 Å². The minimum Gasteiger partial charge on any atom is -0.341 e. The van der Waals surface area contributed by atoms with Crippen LogP contribution in [-0.4, -0.2) is 29.9 Å². The average molecular weight is 373 g/mol. The molecule has 0 aliphatic carbocycles. The minimum atomic E-state index is -0.339. The van der Waals surface area contributed by atoms with Crippen LogP contribution in [0.5, 0.6) is 0 Å². The second-order valence-corrected chi connectivity index (χ2v) is 8.09. The van der Waals surface area contributed by atoms with Crippen molar-refractivity contribution in [2.45, 2.75) is 36.0 Å². The highest BCUT2D eigenvalue weighted by molar-refractivity contribution is 8.00. The second kappa shape index (κ2) is 8.69. The van der Waals surface area contributed by atoms with Crippen molar-refractivity contribution in [3.8, 4) is 0 Å². The topological polar surface area (TPSA) is 46.3 Å². The Morgan fingerprint density at radius 2 is 1.88 bits per heavy atom. The van der Waals surface area contributed by atoms with Gasteiger partial charge in [-0.25, -0.2) is 4.39 Å². The van der Waals surface area contributed by atoms with Crippen LogP contribution in [0.4, 0.5) is 4.39 Å². The molecule has 3 rings (SSSR count). The molecule has 0 radical (unpaired) electrons. The van der Waals surface area contributed by atoms with Gasteiger partial charge < -0.3 is 10.6 Å². The number of amides is 1. The largest absolute Gasteiger partial charge is 0.341 e. The zero-order chi connectivity index (χ0) is 18.5. The molecule has 3 unspecified atom stereocenters. The van der Waals surface area contributed by atoms with Gasteiger partial charge >= 0.3 is 0 Å². The lowest BCUT2D eigenvalue weighted by Gasteiger charge is -2.36. The third-order valence-corrected chi connectivity index (χ3v) is 6.16. The van der Waals surface area contributed by atoms with Gasteiger partial charge in [-0.05, 0) is 55.5 Å². The first-order valence-corrected chi connectivity index (χ1v) is 9.94. The molecule has 0 spiro atoms. The van der Waals surface area contributed by atoms with Crippen molar-refractivity contribution in [1.82, 2.24) is 4.90 Å². The molecule has 1 fully saturated rings. The highest BCUT2D eigenvalue weighted by Crippen LogP contribution is 2.37. The summed E-state index contributed by atoms with van der Waals surface area (Å²) in [5.41, 5.74) is 7.04. The second-order valence-electron chi connectivity index (χ2n) is 6.91. The van der Waals surface area contributed by atoms with E-state index in [1.54, 1.807) is 12.1 Å². The Bertz CT molecular complexity index is 721. The number of benzene rings is 2. The van der Waals surface area contributed by atoms with E-state index in [4.69, 9.17) is 5.73 Å². The number of thioether (sulfide) groups is 1. The summed E-state index contributed by atoms with van der Waals surface area (Å²) in [7, 11) is 0. The van der Waals surface area contributed by atoms with Crippen molar-refractivity contribution < 1.29 is 9.18 Å². The average Bonchev–Trinajstić information content (AvgIpc) is 2.68. The van der Waals surface area contributed by atoms with Gasteiger partial charge in [0.25, 0.3) is 0 Å². The van der Waals surface area contributed by atoms with Gasteiger partial charge in [0.1, 0.15) is 11.1 Å². The molecule has 2 N–H and O–H groups in total. The van der Waals surface area contributed by atoms with Crippen LogP contribution < -0.4 is 5.73 Å². The molecule has 3 nitrogen and oxygen atoms in total. The Labute approximate surface area is 158 Å². The quantitative estimate of drug-likeness (QED) is 0.799. The lowest BCUT2D eigenvalue weighted by molar-refractivity contribution is -0.132. The molecule has 1 saturated heterocycles. The van der Waals surface area contributed by atoms with Gasteiger partial charge in [0, 0.05) is 24.0 Å². The third kappa shape index (κ3) is 4.65. The molecular formula is C21H25FN2OS. The van der Waals surface area contributed by atoms with E-state index in [9.17, 15) is 9.18 Å². The number of nitrogens with two attached hydrogens (primary N) is 1. The number of rotatable bonds is 5. The number of hydrogen-bond acceptors (Lipinski definition) is 3. The fourth-order valence-electron chi connectivity index (χ4n) is 3.34. The predicted octanol–water partition coefficient (Wildman–Crippen LogP) is 4.24. The number of piperidine rings is 1. The molecule has 0 bridgehead atoms. The van der Waals surface area contributed by atoms with Gasteiger partial charge in [-0.1, -0.05) is 30.3 Å². The van der Waals surface area contributed by atoms with Crippen LogP contribution in [0.25, 0.3) is 0 Å². The van der Waals surface area contributed by atoms with E-state index in [1.165, 1.54) is 23.9 Å². The van der Waals surface area contributed by atoms with E-state index in [0.717, 1.165) is 29.8 Å². The van der Waals surface area contributed by atoms with Gasteiger partial charge in [-0.15, -0.1) is 11.8 Å². The van der Waals surface area contributed by atoms with Gasteiger partial charge in [0.05, 0.1) is 0 Å². The lowest BCUT2D eigenvalue weighted by Crippen LogP contribution is -2.46. The Morgan fingerprint density at radius 3 is 2.54 bits per heavy atom. The maximum absolute atomic E-state index is 13.3. The zero-order valence-corrected chi connectivity index (χ0v) is 15.8. The standard InChI is InChI=1S/C21H25FN2OS/c1-15(23)17-8-5-13-24(14-17)21(25)20(16-6-3-2-4-7-16)26-19-11-9-18(22)10-12-19/h2-4,6-7,9-12,15,17,20H,5,8,13-14,23H2,1H3. The van der Waals surface area contributed by atoms with Crippen molar-refractivity contribution in [2.75, 3.05) is 13.1 Å². The molecule has 5 heteroatoms. The molecule has 1 aliphatic rings. The van der Waals surface area contributed by atoms with E-state index < -0.39 is 0 Å². The minimum absolute atomic E-state index is 0.0885. The molecular weight excluding hydrogens is 347 g/mol. The summed E-state index contributed by atoms with van der Waals surface area (Å²) < 4.78 is 13.2. The van der Waals surface area contributed by atoms with Gasteiger partial charge in [-0.2, -0.15) is 0 Å². The highest BCUT2D eigenvalue weighted by atomic mass is 32.2. The van der Waals surface area contributed by atoms with E-state index in [0.29, 0.717) is 12.5 Å². The fourth-order valence-corrected chi connectivity index (χ4v) is 4.45. The number of likely N-dealkylation sites (tertiary alicyclic amines) is 1. The Kier molecular flexibility index (Phi) is 6.33. The molecule has 2 aromatic rings. The van der Waals surface area contributed by atoms with Crippen LogP contribution in [0.2, 0.25) is 0 Å². The van der Waals surface area contributed by atoms with Crippen LogP contribution in [0.1, 0.15) is 30.6 Å². The molecule has 1 amide bonds. The van der Waals surface area contributed by atoms with E-state index in [-0.39, 0.29) is 23.0 Å². The normalized spacial score (nSPS) is 19.8. The Balaban J connectivity index is 1.82. The fraction of sp³-hybridized carbons (Fsp3) is 0.381. The molecule has 138 valence electrons. The van der Waals surface area contributed by atoms with Crippen molar-refractivity contribution >= 4 is 17.7 Å². The van der Waals surface area contributed by atoms with Crippen molar-refractivity contribution in [3.63, 3.8) is 0 Å². The third-order valence-electron chi connectivity index (χ3n) is 4.91. The van der Waals surface area contributed by atoms with Crippen molar-refractivity contribution in [3.05, 3.63) is 66.0 Å². The van der Waals surface area contributed by atoms with E-state index in [1.807, 2.05) is 42.2 Å². The molecule has 1 aliphatic heterocycles. The lowest BCUT2D eigenvalue weighted by atomic mass is 9.92. The molecule has 1 heterocycles. The highest BCUT2D eigenvalue weighted by Gasteiger charge is 2.31. The summed E-state index contributed by atoms with van der Waals surface area (Å²) in [5.74, 6) is 0.184. The molecule has 3 atom stereocenters. The summed E-state index contributed by atoms with van der Waals surface area (Å²) in [6.07, 6.45) is 2.06. The van der Waals surface area contributed by atoms with E-state index in [2.05, 4.69) is 0 Å². The maximum atomic E-state index is 13.3. The first kappa shape index (κ1) is 18.9. The Hall–Kier alpha value is -1.85. The SMILES string of the molecule is CC(N)C1CCCN(C(=O)C(Sc2ccc(F)cc2)c2ccccc2)C1. The molecule has 26 heavy (non-hydrogen) atoms. The van der Waals surface area contributed by atoms with Gasteiger partial charge in [0.15, 0.2) is 0 Å². The van der Waals surface area contributed by atoms with Crippen molar-refractivity contribution in [2.24, 2.45) is 11.7 Å². The number of carbonyl (C=O) groups excluding carboxylic acids is 1. The molecule has 0 saturated carbocycles. The first-order chi connectivity index (χ1) is 12.5. The van der Waals surface area contributed by atoms with Crippen LogP contribution in [-0.2, 0) is 4.79 Å². The summed E-state index contributed by atoms with van der Waals surface area (Å²) in [4.78, 5) is 16.2. The zero-order valence-electron chi connectivity index (χ0n) is 15.0. The Morgan fingerprint density at radius 1 is 1.19 bits per heavy atom. The monoisotopic (exact) mass is 372 g/mol. The maximum Gasteiger partial charge on any atom is 0.240 e. The summed E-state index contributed by atoms with van der Waals surface area (Å²) in [5, 5.41) is -0.339. The van der Waals surface area contributed by atoms with Crippen LogP contribution >= 0.6 is 11.8 Å². The number of nitrogens with zero attached hydrogens (tertiary/aromatic N) is 1. The van der Waals surface area contributed by atoms with Crippen LogP contribution in [0, 0.1) is 11.7 Å². The van der Waals surface area contributed by atoms with Gasteiger partial charge in [0.2, 0.25) is 5.91 Å². The molecule has 2 aromatic carbocycles. The van der Waals surface area contributed by atoms with Gasteiger partial charge in [-0.3, -0.25) is 4.79 Å².